The predicted octanol–water partition coefficient (Wildman–Crippen LogP) is 6.30. The molecule has 0 aliphatic heterocycles. The second kappa shape index (κ2) is 7.40. The molecule has 1 aromatic heterocycles. The molecule has 2 aromatic carbocycles. The molecule has 3 aromatic rings. The Labute approximate surface area is 153 Å². The van der Waals surface area contributed by atoms with Crippen LogP contribution < -0.4 is 0 Å². The van der Waals surface area contributed by atoms with Crippen LogP contribution in [0.1, 0.15) is 18.4 Å². The number of hydrogen-bond acceptors (Lipinski definition) is 2. The molecule has 0 bridgehead atoms. The number of allylic oxidation sites excluding steroid dienone is 7. The van der Waals surface area contributed by atoms with Crippen LogP contribution in [0.4, 0.5) is 0 Å². The third-order valence-corrected chi connectivity index (χ3v) is 4.62. The van der Waals surface area contributed by atoms with Gasteiger partial charge in [0, 0.05) is 11.5 Å². The molecule has 128 valence electrons. The number of fused-ring (bicyclic) bond motifs is 1. The van der Waals surface area contributed by atoms with Crippen LogP contribution in [0.5, 0.6) is 0 Å². The Kier molecular flexibility index (Phi) is 4.65. The monoisotopic (exact) mass is 339 g/mol. The molecule has 1 aliphatic rings. The van der Waals surface area contributed by atoms with Crippen LogP contribution in [0.2, 0.25) is 0 Å². The van der Waals surface area contributed by atoms with Crippen molar-refractivity contribution in [1.29, 1.82) is 0 Å². The van der Waals surface area contributed by atoms with E-state index in [2.05, 4.69) is 66.6 Å². The van der Waals surface area contributed by atoms with Gasteiger partial charge < -0.3 is 4.42 Å². The highest BCUT2D eigenvalue weighted by atomic mass is 16.3. The molecular weight excluding hydrogens is 318 g/mol. The fraction of sp³-hybridized carbons (Fsp3) is 0.125. The number of oxazole rings is 1. The van der Waals surface area contributed by atoms with Crippen molar-refractivity contribution in [3.8, 4) is 0 Å². The van der Waals surface area contributed by atoms with E-state index in [9.17, 15) is 0 Å². The quantitative estimate of drug-likeness (QED) is 0.521. The van der Waals surface area contributed by atoms with Crippen molar-refractivity contribution in [2.24, 2.45) is 11.8 Å². The highest BCUT2D eigenvalue weighted by Gasteiger charge is 2.17. The zero-order chi connectivity index (χ0) is 17.8. The van der Waals surface area contributed by atoms with Crippen molar-refractivity contribution in [2.45, 2.75) is 6.92 Å². The van der Waals surface area contributed by atoms with Crippen LogP contribution in [0.25, 0.3) is 22.7 Å². The Balaban J connectivity index is 1.45. The minimum atomic E-state index is 0.378. The molecule has 4 rings (SSSR count). The summed E-state index contributed by atoms with van der Waals surface area (Å²) in [6, 6.07) is 18.2. The minimum Gasteiger partial charge on any atom is -0.436 e. The third kappa shape index (κ3) is 3.60. The first-order chi connectivity index (χ1) is 12.8. The number of para-hydroxylation sites is 2. The summed E-state index contributed by atoms with van der Waals surface area (Å²) in [5.41, 5.74) is 4.00. The maximum Gasteiger partial charge on any atom is 0.226 e. The molecule has 26 heavy (non-hydrogen) atoms. The Hall–Kier alpha value is -3.13. The van der Waals surface area contributed by atoms with Crippen LogP contribution in [0, 0.1) is 11.8 Å². The molecule has 0 saturated carbocycles. The molecule has 0 amide bonds. The van der Waals surface area contributed by atoms with E-state index in [1.54, 1.807) is 0 Å². The number of benzene rings is 2. The van der Waals surface area contributed by atoms with Gasteiger partial charge in [0.15, 0.2) is 5.58 Å². The summed E-state index contributed by atoms with van der Waals surface area (Å²) < 4.78 is 5.88. The molecule has 0 radical (unpaired) electrons. The van der Waals surface area contributed by atoms with E-state index in [4.69, 9.17) is 4.42 Å². The maximum absolute atomic E-state index is 5.88. The Morgan fingerprint density at radius 1 is 0.962 bits per heavy atom. The molecule has 0 fully saturated rings. The van der Waals surface area contributed by atoms with Gasteiger partial charge in [0.25, 0.3) is 0 Å². The van der Waals surface area contributed by atoms with Gasteiger partial charge in [0.2, 0.25) is 5.89 Å². The summed E-state index contributed by atoms with van der Waals surface area (Å²) in [6.07, 6.45) is 15.1. The highest BCUT2D eigenvalue weighted by Crippen LogP contribution is 2.30. The third-order valence-electron chi connectivity index (χ3n) is 4.62. The van der Waals surface area contributed by atoms with E-state index in [0.717, 1.165) is 16.7 Å². The van der Waals surface area contributed by atoms with Gasteiger partial charge in [-0.1, -0.05) is 91.9 Å². The van der Waals surface area contributed by atoms with Gasteiger partial charge in [0.1, 0.15) is 5.52 Å². The van der Waals surface area contributed by atoms with Crippen LogP contribution >= 0.6 is 0 Å². The van der Waals surface area contributed by atoms with Gasteiger partial charge in [-0.15, -0.1) is 0 Å². The van der Waals surface area contributed by atoms with Crippen LogP contribution in [0.3, 0.4) is 0 Å². The zero-order valence-corrected chi connectivity index (χ0v) is 14.7. The average Bonchev–Trinajstić information content (AvgIpc) is 3.11. The fourth-order valence-electron chi connectivity index (χ4n) is 3.14. The first kappa shape index (κ1) is 16.3. The largest absolute Gasteiger partial charge is 0.436 e. The van der Waals surface area contributed by atoms with Crippen molar-refractivity contribution in [1.82, 2.24) is 4.98 Å². The van der Waals surface area contributed by atoms with E-state index < -0.39 is 0 Å². The lowest BCUT2D eigenvalue weighted by molar-refractivity contribution is 0.573. The summed E-state index contributed by atoms with van der Waals surface area (Å²) in [7, 11) is 0. The van der Waals surface area contributed by atoms with Crippen molar-refractivity contribution in [3.63, 3.8) is 0 Å². The molecule has 0 spiro atoms. The summed E-state index contributed by atoms with van der Waals surface area (Å²) in [5, 5.41) is 0. The standard InChI is InChI=1S/C24H21NO/c1-18-17-21(24-25-22-13-7-8-14-23(22)26-24)16-15-20(18)12-6-5-11-19-9-3-2-4-10-19/h2-18,20H,1H3. The van der Waals surface area contributed by atoms with E-state index in [0.29, 0.717) is 17.7 Å². The van der Waals surface area contributed by atoms with E-state index in [1.165, 1.54) is 5.56 Å². The topological polar surface area (TPSA) is 26.0 Å². The molecule has 2 unspecified atom stereocenters. The lowest BCUT2D eigenvalue weighted by Crippen LogP contribution is -2.08. The number of nitrogens with zero attached hydrogens (tertiary/aromatic N) is 1. The van der Waals surface area contributed by atoms with Crippen LogP contribution in [-0.2, 0) is 0 Å². The SMILES string of the molecule is CC1C=C(c2nc3ccccc3o2)C=CC1C=CC=Cc1ccccc1. The van der Waals surface area contributed by atoms with Gasteiger partial charge in [0.05, 0.1) is 0 Å². The van der Waals surface area contributed by atoms with Gasteiger partial charge >= 0.3 is 0 Å². The summed E-state index contributed by atoms with van der Waals surface area (Å²) >= 11 is 0. The molecule has 1 heterocycles. The Bertz CT molecular complexity index is 972. The lowest BCUT2D eigenvalue weighted by atomic mass is 9.87. The number of rotatable bonds is 4. The molecule has 1 aliphatic carbocycles. The molecule has 2 nitrogen and oxygen atoms in total. The normalized spacial score (nSPS) is 20.3. The van der Waals surface area contributed by atoms with E-state index in [-0.39, 0.29) is 0 Å². The minimum absolute atomic E-state index is 0.378. The summed E-state index contributed by atoms with van der Waals surface area (Å²) in [6.45, 7) is 2.22. The number of hydrogen-bond donors (Lipinski definition) is 0. The molecule has 2 atom stereocenters. The molecule has 2 heteroatoms. The molecule has 0 N–H and O–H groups in total. The van der Waals surface area contributed by atoms with Gasteiger partial charge in [-0.2, -0.15) is 0 Å². The molecular formula is C24H21NO. The zero-order valence-electron chi connectivity index (χ0n) is 14.7. The first-order valence-corrected chi connectivity index (χ1v) is 8.95. The molecule has 0 saturated heterocycles. The second-order valence-corrected chi connectivity index (χ2v) is 6.56. The van der Waals surface area contributed by atoms with Crippen molar-refractivity contribution >= 4 is 22.7 Å². The summed E-state index contributed by atoms with van der Waals surface area (Å²) in [4.78, 5) is 4.59. The highest BCUT2D eigenvalue weighted by molar-refractivity contribution is 5.78. The van der Waals surface area contributed by atoms with E-state index in [1.807, 2.05) is 42.5 Å². The fourth-order valence-corrected chi connectivity index (χ4v) is 3.14. The van der Waals surface area contributed by atoms with Crippen LogP contribution in [-0.4, -0.2) is 4.98 Å². The van der Waals surface area contributed by atoms with Crippen molar-refractivity contribution in [3.05, 3.63) is 103 Å². The van der Waals surface area contributed by atoms with Gasteiger partial charge in [-0.05, 0) is 23.6 Å². The van der Waals surface area contributed by atoms with Crippen molar-refractivity contribution in [2.75, 3.05) is 0 Å². The Morgan fingerprint density at radius 3 is 2.58 bits per heavy atom. The summed E-state index contributed by atoms with van der Waals surface area (Å²) in [5.74, 6) is 1.47. The smallest absolute Gasteiger partial charge is 0.226 e. The maximum atomic E-state index is 5.88. The van der Waals surface area contributed by atoms with Crippen molar-refractivity contribution < 1.29 is 4.42 Å². The average molecular weight is 339 g/mol. The number of aromatic nitrogens is 1. The second-order valence-electron chi connectivity index (χ2n) is 6.56. The van der Waals surface area contributed by atoms with Crippen LogP contribution in [0.15, 0.2) is 95.5 Å². The predicted molar refractivity (Wildman–Crippen MR) is 108 cm³/mol. The lowest BCUT2D eigenvalue weighted by Gasteiger charge is -2.18. The first-order valence-electron chi connectivity index (χ1n) is 8.95. The van der Waals surface area contributed by atoms with Gasteiger partial charge in [-0.3, -0.25) is 0 Å². The van der Waals surface area contributed by atoms with Gasteiger partial charge in [-0.25, -0.2) is 4.98 Å². The van der Waals surface area contributed by atoms with E-state index >= 15 is 0 Å². The Morgan fingerprint density at radius 2 is 1.77 bits per heavy atom.